The number of aromatic nitrogens is 4. The number of anilines is 2. The highest BCUT2D eigenvalue weighted by Crippen LogP contribution is 2.21. The smallest absolute Gasteiger partial charge is 0.250 e. The van der Waals surface area contributed by atoms with Gasteiger partial charge in [-0.1, -0.05) is 18.2 Å². The summed E-state index contributed by atoms with van der Waals surface area (Å²) in [4.78, 5) is 24.6. The second-order valence-corrected chi connectivity index (χ2v) is 7.57. The summed E-state index contributed by atoms with van der Waals surface area (Å²) in [5.41, 5.74) is 4.08. The van der Waals surface area contributed by atoms with E-state index >= 15 is 0 Å². The monoisotopic (exact) mass is 453 g/mol. The number of halogens is 1. The zero-order valence-electron chi connectivity index (χ0n) is 18.3. The topological polar surface area (TPSA) is 79.2 Å². The van der Waals surface area contributed by atoms with Crippen LogP contribution in [0.3, 0.4) is 0 Å². The highest BCUT2D eigenvalue weighted by atomic mass is 35.5. The second kappa shape index (κ2) is 10.9. The van der Waals surface area contributed by atoms with Crippen LogP contribution in [-0.2, 0) is 4.79 Å². The molecule has 1 aliphatic heterocycles. The van der Waals surface area contributed by atoms with Gasteiger partial charge in [-0.2, -0.15) is 5.10 Å². The Morgan fingerprint density at radius 2 is 1.88 bits per heavy atom. The van der Waals surface area contributed by atoms with Crippen LogP contribution in [0.25, 0.3) is 12.0 Å². The number of carbonyl (C=O) groups is 1. The first-order chi connectivity index (χ1) is 15.1. The third-order valence-corrected chi connectivity index (χ3v) is 5.35. The molecule has 0 aliphatic carbocycles. The fourth-order valence-electron chi connectivity index (χ4n) is 3.69. The molecule has 1 aliphatic rings. The lowest BCUT2D eigenvalue weighted by molar-refractivity contribution is -0.114. The predicted octanol–water partition coefficient (Wildman–Crippen LogP) is 3.19. The lowest BCUT2D eigenvalue weighted by atomic mass is 10.2. The molecule has 0 atom stereocenters. The van der Waals surface area contributed by atoms with Gasteiger partial charge in [0, 0.05) is 69.0 Å². The molecule has 0 spiro atoms. The number of piperazine rings is 1. The maximum absolute atomic E-state index is 11.3. The Morgan fingerprint density at radius 1 is 1.12 bits per heavy atom. The quantitative estimate of drug-likeness (QED) is 0.617. The van der Waals surface area contributed by atoms with Gasteiger partial charge in [0.25, 0.3) is 5.95 Å². The van der Waals surface area contributed by atoms with E-state index in [1.165, 1.54) is 6.92 Å². The summed E-state index contributed by atoms with van der Waals surface area (Å²) in [6.07, 6.45) is 9.59. The minimum atomic E-state index is -0.0502. The number of hydrogen-bond acceptors (Lipinski definition) is 6. The van der Waals surface area contributed by atoms with Crippen LogP contribution in [0.2, 0.25) is 0 Å². The normalized spacial score (nSPS) is 14.4. The first-order valence-corrected chi connectivity index (χ1v) is 10.4. The molecule has 32 heavy (non-hydrogen) atoms. The Hall–Kier alpha value is -3.23. The number of hydrogen-bond donors (Lipinski definition) is 1. The molecule has 1 N–H and O–H groups in total. The third-order valence-electron chi connectivity index (χ3n) is 5.35. The summed E-state index contributed by atoms with van der Waals surface area (Å²) in [5.74, 6) is 0.532. The Morgan fingerprint density at radius 3 is 2.59 bits per heavy atom. The predicted molar refractivity (Wildman–Crippen MR) is 130 cm³/mol. The van der Waals surface area contributed by atoms with Crippen molar-refractivity contribution in [3.05, 3.63) is 66.3 Å². The summed E-state index contributed by atoms with van der Waals surface area (Å²) in [6.45, 7) is 8.35. The standard InChI is InChI=1S/C23H27N7O.ClH/c1-18-20(17-26-30(18)23-24-9-5-10-25-23)6-4-11-28-12-14-29(15-13-28)22-8-3-7-21(16-22)27-19(2)31;/h3-10,16-17H,11-15H2,1-2H3,(H,27,31);1H/b6-4+;. The van der Waals surface area contributed by atoms with E-state index < -0.39 is 0 Å². The molecule has 3 aromatic rings. The third kappa shape index (κ3) is 5.72. The minimum Gasteiger partial charge on any atom is -0.369 e. The van der Waals surface area contributed by atoms with Crippen LogP contribution in [0, 0.1) is 6.92 Å². The maximum Gasteiger partial charge on any atom is 0.250 e. The molecule has 8 nitrogen and oxygen atoms in total. The van der Waals surface area contributed by atoms with Crippen LogP contribution in [0.1, 0.15) is 18.2 Å². The van der Waals surface area contributed by atoms with Gasteiger partial charge in [0.1, 0.15) is 0 Å². The first kappa shape index (κ1) is 23.4. The van der Waals surface area contributed by atoms with E-state index in [0.717, 1.165) is 55.4 Å². The average molecular weight is 454 g/mol. The molecule has 9 heteroatoms. The maximum atomic E-state index is 11.3. The van der Waals surface area contributed by atoms with Crippen molar-refractivity contribution in [3.8, 4) is 5.95 Å². The van der Waals surface area contributed by atoms with Crippen LogP contribution in [0.5, 0.6) is 0 Å². The number of nitrogens with zero attached hydrogens (tertiary/aromatic N) is 6. The van der Waals surface area contributed by atoms with Gasteiger partial charge in [0.2, 0.25) is 5.91 Å². The van der Waals surface area contributed by atoms with Gasteiger partial charge in [-0.05, 0) is 31.2 Å². The number of benzene rings is 1. The molecule has 1 fully saturated rings. The van der Waals surface area contributed by atoms with Gasteiger partial charge in [0.15, 0.2) is 0 Å². The van der Waals surface area contributed by atoms with Crippen molar-refractivity contribution < 1.29 is 4.79 Å². The second-order valence-electron chi connectivity index (χ2n) is 7.57. The Kier molecular flexibility index (Phi) is 7.97. The molecule has 1 amide bonds. The Balaban J connectivity index is 0.00000289. The highest BCUT2D eigenvalue weighted by Gasteiger charge is 2.16. The van der Waals surface area contributed by atoms with E-state index in [1.807, 2.05) is 31.3 Å². The fraction of sp³-hybridized carbons (Fsp3) is 0.304. The molecule has 168 valence electrons. The van der Waals surface area contributed by atoms with E-state index in [4.69, 9.17) is 0 Å². The molecule has 3 heterocycles. The lowest BCUT2D eigenvalue weighted by Crippen LogP contribution is -2.46. The van der Waals surface area contributed by atoms with Gasteiger partial charge in [0.05, 0.1) is 11.9 Å². The molecule has 2 aromatic heterocycles. The molecular weight excluding hydrogens is 426 g/mol. The summed E-state index contributed by atoms with van der Waals surface area (Å²) in [6, 6.07) is 9.83. The van der Waals surface area contributed by atoms with Gasteiger partial charge in [-0.25, -0.2) is 14.6 Å². The molecule has 4 rings (SSSR count). The summed E-state index contributed by atoms with van der Waals surface area (Å²) < 4.78 is 1.76. The van der Waals surface area contributed by atoms with Gasteiger partial charge < -0.3 is 10.2 Å². The number of amides is 1. The van der Waals surface area contributed by atoms with Crippen molar-refractivity contribution in [1.82, 2.24) is 24.6 Å². The summed E-state index contributed by atoms with van der Waals surface area (Å²) in [7, 11) is 0. The Labute approximate surface area is 194 Å². The van der Waals surface area contributed by atoms with Gasteiger partial charge in [-0.15, -0.1) is 12.4 Å². The summed E-state index contributed by atoms with van der Waals surface area (Å²) in [5, 5.41) is 7.27. The van der Waals surface area contributed by atoms with Gasteiger partial charge >= 0.3 is 0 Å². The largest absolute Gasteiger partial charge is 0.369 e. The average Bonchev–Trinajstić information content (AvgIpc) is 3.15. The van der Waals surface area contributed by atoms with Crippen LogP contribution < -0.4 is 10.2 Å². The van der Waals surface area contributed by atoms with Crippen LogP contribution in [-0.4, -0.2) is 63.3 Å². The number of rotatable bonds is 6. The molecule has 1 saturated heterocycles. The zero-order chi connectivity index (χ0) is 21.6. The lowest BCUT2D eigenvalue weighted by Gasteiger charge is -2.35. The van der Waals surface area contributed by atoms with Crippen molar-refractivity contribution in [2.75, 3.05) is 42.9 Å². The SMILES string of the molecule is CC(=O)Nc1cccc(N2CCN(C/C=C/c3cnn(-c4ncccn4)c3C)CC2)c1.Cl. The summed E-state index contributed by atoms with van der Waals surface area (Å²) >= 11 is 0. The van der Waals surface area contributed by atoms with Crippen molar-refractivity contribution >= 4 is 35.8 Å². The van der Waals surface area contributed by atoms with Crippen LogP contribution >= 0.6 is 12.4 Å². The molecule has 0 saturated carbocycles. The molecule has 0 radical (unpaired) electrons. The fourth-order valence-corrected chi connectivity index (χ4v) is 3.69. The van der Waals surface area contributed by atoms with Gasteiger partial charge in [-0.3, -0.25) is 9.69 Å². The van der Waals surface area contributed by atoms with E-state index in [2.05, 4.69) is 48.4 Å². The van der Waals surface area contributed by atoms with E-state index in [0.29, 0.717) is 5.95 Å². The van der Waals surface area contributed by atoms with Crippen molar-refractivity contribution in [1.29, 1.82) is 0 Å². The Bertz CT molecular complexity index is 1060. The van der Waals surface area contributed by atoms with Crippen LogP contribution in [0.15, 0.2) is 55.0 Å². The molecule has 1 aromatic carbocycles. The van der Waals surface area contributed by atoms with Crippen LogP contribution in [0.4, 0.5) is 11.4 Å². The first-order valence-electron chi connectivity index (χ1n) is 10.4. The zero-order valence-corrected chi connectivity index (χ0v) is 19.1. The highest BCUT2D eigenvalue weighted by molar-refractivity contribution is 5.89. The van der Waals surface area contributed by atoms with Crippen molar-refractivity contribution in [2.24, 2.45) is 0 Å². The van der Waals surface area contributed by atoms with E-state index in [-0.39, 0.29) is 18.3 Å². The van der Waals surface area contributed by atoms with E-state index in [1.54, 1.807) is 23.1 Å². The minimum absolute atomic E-state index is 0. The molecule has 0 bridgehead atoms. The molecule has 0 unspecified atom stereocenters. The number of nitrogens with one attached hydrogen (secondary N) is 1. The van der Waals surface area contributed by atoms with Crippen molar-refractivity contribution in [3.63, 3.8) is 0 Å². The van der Waals surface area contributed by atoms with E-state index in [9.17, 15) is 4.79 Å². The van der Waals surface area contributed by atoms with Crippen molar-refractivity contribution in [2.45, 2.75) is 13.8 Å². The molecular formula is C23H28ClN7O. The number of carbonyl (C=O) groups excluding carboxylic acids is 1.